The molecule has 0 saturated heterocycles. The highest BCUT2D eigenvalue weighted by molar-refractivity contribution is 6.28. The first kappa shape index (κ1) is 40.7. The van der Waals surface area contributed by atoms with E-state index in [0.29, 0.717) is 5.82 Å². The van der Waals surface area contributed by atoms with E-state index in [-0.39, 0.29) is 0 Å². The molecule has 3 aromatic heterocycles. The fraction of sp³-hybridized carbons (Fsp3) is 0. The van der Waals surface area contributed by atoms with Crippen molar-refractivity contribution >= 4 is 97.5 Å². The monoisotopic (exact) mass is 937 g/mol. The SMILES string of the molecule is c1ccc2ncc(-c3ccc(-c4nc(-c5ccc(-c6cnc7ccccc7n6)cc5)nc5c(-c6ccc7ccc8cccc9ccc6c7c89)cc(-c6ccc7ccc8cccc9ccc6c7c89)cc45)cc3)cc2c1. The second kappa shape index (κ2) is 15.8. The van der Waals surface area contributed by atoms with Crippen LogP contribution in [0.2, 0.25) is 0 Å². The van der Waals surface area contributed by atoms with Crippen molar-refractivity contribution in [2.24, 2.45) is 0 Å². The van der Waals surface area contributed by atoms with Crippen LogP contribution < -0.4 is 0 Å². The Labute approximate surface area is 424 Å². The number of aromatic nitrogens is 5. The van der Waals surface area contributed by atoms with Crippen LogP contribution in [0.1, 0.15) is 0 Å². The molecule has 0 aliphatic rings. The number of benzene rings is 13. The third-order valence-electron chi connectivity index (χ3n) is 15.4. The van der Waals surface area contributed by atoms with Crippen LogP contribution in [0.3, 0.4) is 0 Å². The topological polar surface area (TPSA) is 64.5 Å². The van der Waals surface area contributed by atoms with Gasteiger partial charge in [-0.05, 0) is 123 Å². The molecule has 0 fully saturated rings. The van der Waals surface area contributed by atoms with Crippen molar-refractivity contribution in [2.75, 3.05) is 0 Å². The summed E-state index contributed by atoms with van der Waals surface area (Å²) in [6.07, 6.45) is 3.81. The molecule has 0 saturated carbocycles. The summed E-state index contributed by atoms with van der Waals surface area (Å²) in [5.74, 6) is 0.640. The van der Waals surface area contributed by atoms with E-state index in [1.165, 1.54) is 64.6 Å². The maximum atomic E-state index is 5.67. The molecular formula is C69H39N5. The molecule has 13 aromatic carbocycles. The fourth-order valence-electron chi connectivity index (χ4n) is 11.8. The zero-order valence-electron chi connectivity index (χ0n) is 39.8. The molecule has 0 N–H and O–H groups in total. The van der Waals surface area contributed by atoms with Gasteiger partial charge in [-0.1, -0.05) is 188 Å². The molecule has 16 aromatic rings. The molecular weight excluding hydrogens is 899 g/mol. The lowest BCUT2D eigenvalue weighted by molar-refractivity contribution is 1.23. The second-order valence-corrected chi connectivity index (χ2v) is 19.6. The van der Waals surface area contributed by atoms with Crippen LogP contribution in [0.15, 0.2) is 237 Å². The van der Waals surface area contributed by atoms with Crippen molar-refractivity contribution in [1.29, 1.82) is 0 Å². The predicted molar refractivity (Wildman–Crippen MR) is 308 cm³/mol. The van der Waals surface area contributed by atoms with E-state index in [2.05, 4.69) is 194 Å². The average Bonchev–Trinajstić information content (AvgIpc) is 3.48. The zero-order valence-corrected chi connectivity index (χ0v) is 39.8. The molecule has 0 amide bonds. The second-order valence-electron chi connectivity index (χ2n) is 19.6. The van der Waals surface area contributed by atoms with Gasteiger partial charge in [0.05, 0.1) is 39.7 Å². The van der Waals surface area contributed by atoms with Gasteiger partial charge in [-0.25, -0.2) is 15.0 Å². The van der Waals surface area contributed by atoms with Crippen LogP contribution in [0, 0.1) is 0 Å². The molecule has 0 unspecified atom stereocenters. The quantitative estimate of drug-likeness (QED) is 0.155. The van der Waals surface area contributed by atoms with Crippen LogP contribution in [0.25, 0.3) is 165 Å². The van der Waals surface area contributed by atoms with E-state index in [0.717, 1.165) is 94.3 Å². The Morgan fingerprint density at radius 1 is 0.257 bits per heavy atom. The molecule has 5 nitrogen and oxygen atoms in total. The number of hydrogen-bond donors (Lipinski definition) is 0. The predicted octanol–water partition coefficient (Wildman–Crippen LogP) is 17.9. The summed E-state index contributed by atoms with van der Waals surface area (Å²) in [6.45, 7) is 0. The van der Waals surface area contributed by atoms with Crippen molar-refractivity contribution < 1.29 is 0 Å². The van der Waals surface area contributed by atoms with Gasteiger partial charge in [0.15, 0.2) is 5.82 Å². The minimum absolute atomic E-state index is 0.640. The number of hydrogen-bond acceptors (Lipinski definition) is 5. The summed E-state index contributed by atoms with van der Waals surface area (Å²) in [5, 5.41) is 17.0. The van der Waals surface area contributed by atoms with Gasteiger partial charge in [0.1, 0.15) is 0 Å². The summed E-state index contributed by atoms with van der Waals surface area (Å²) in [4.78, 5) is 25.8. The molecule has 5 heteroatoms. The standard InChI is InChI=1S/C69H39N5/c1-2-12-59-50(7-1)35-52(38-70-59)40-15-23-48(24-16-40)67-58-37-51(53-31-27-46-21-19-42-8-5-10-44-29-33-55(53)65(46)63(42)44)36-57(54-32-28-47-22-20-43-9-6-11-45-30-34-56(54)66(47)64(43)45)68(58)74-69(73-67)49-25-17-41(18-26-49)62-39-71-60-13-3-4-14-61(60)72-62/h1-39H. The Morgan fingerprint density at radius 2 is 0.784 bits per heavy atom. The lowest BCUT2D eigenvalue weighted by Gasteiger charge is -2.19. The molecule has 3 heterocycles. The van der Waals surface area contributed by atoms with Crippen LogP contribution in [0.5, 0.6) is 0 Å². The third-order valence-corrected chi connectivity index (χ3v) is 15.4. The van der Waals surface area contributed by atoms with Crippen molar-refractivity contribution in [3.8, 4) is 67.3 Å². The molecule has 16 rings (SSSR count). The van der Waals surface area contributed by atoms with Crippen molar-refractivity contribution in [2.45, 2.75) is 0 Å². The summed E-state index contributed by atoms with van der Waals surface area (Å²) in [6, 6.07) is 81.0. The number of pyridine rings is 1. The van der Waals surface area contributed by atoms with E-state index in [1.807, 2.05) is 42.7 Å². The van der Waals surface area contributed by atoms with E-state index < -0.39 is 0 Å². The van der Waals surface area contributed by atoms with Crippen LogP contribution in [0.4, 0.5) is 0 Å². The first-order valence-electron chi connectivity index (χ1n) is 25.1. The van der Waals surface area contributed by atoms with Gasteiger partial charge in [-0.3, -0.25) is 9.97 Å². The van der Waals surface area contributed by atoms with Gasteiger partial charge >= 0.3 is 0 Å². The first-order chi connectivity index (χ1) is 36.6. The number of rotatable bonds is 6. The van der Waals surface area contributed by atoms with Gasteiger partial charge in [0.25, 0.3) is 0 Å². The molecule has 74 heavy (non-hydrogen) atoms. The van der Waals surface area contributed by atoms with Gasteiger partial charge in [-0.2, -0.15) is 0 Å². The zero-order chi connectivity index (χ0) is 48.4. The number of fused-ring (bicyclic) bond motifs is 3. The van der Waals surface area contributed by atoms with Crippen molar-refractivity contribution in [3.63, 3.8) is 0 Å². The Bertz CT molecular complexity index is 4920. The highest BCUT2D eigenvalue weighted by Crippen LogP contribution is 2.46. The summed E-state index contributed by atoms with van der Waals surface area (Å²) < 4.78 is 0. The highest BCUT2D eigenvalue weighted by atomic mass is 14.9. The fourth-order valence-corrected chi connectivity index (χ4v) is 11.8. The molecule has 0 aliphatic heterocycles. The minimum atomic E-state index is 0.640. The summed E-state index contributed by atoms with van der Waals surface area (Å²) in [7, 11) is 0. The normalized spacial score (nSPS) is 12.1. The number of para-hydroxylation sites is 3. The van der Waals surface area contributed by atoms with Gasteiger partial charge in [-0.15, -0.1) is 0 Å². The Hall–Kier alpha value is -9.97. The molecule has 340 valence electrons. The van der Waals surface area contributed by atoms with Gasteiger partial charge in [0, 0.05) is 44.8 Å². The molecule has 0 radical (unpaired) electrons. The largest absolute Gasteiger partial charge is 0.256 e. The van der Waals surface area contributed by atoms with E-state index >= 15 is 0 Å². The minimum Gasteiger partial charge on any atom is -0.256 e. The maximum absolute atomic E-state index is 5.67. The lowest BCUT2D eigenvalue weighted by Crippen LogP contribution is -1.99. The van der Waals surface area contributed by atoms with E-state index in [1.54, 1.807) is 0 Å². The van der Waals surface area contributed by atoms with Crippen LogP contribution >= 0.6 is 0 Å². The Balaban J connectivity index is 0.969. The maximum Gasteiger partial charge on any atom is 0.160 e. The summed E-state index contributed by atoms with van der Waals surface area (Å²) in [5.41, 5.74) is 14.7. The summed E-state index contributed by atoms with van der Waals surface area (Å²) >= 11 is 0. The highest BCUT2D eigenvalue weighted by Gasteiger charge is 2.22. The Morgan fingerprint density at radius 3 is 1.49 bits per heavy atom. The molecule has 0 atom stereocenters. The number of nitrogens with zero attached hydrogens (tertiary/aromatic N) is 5. The van der Waals surface area contributed by atoms with Crippen LogP contribution in [-0.4, -0.2) is 24.9 Å². The van der Waals surface area contributed by atoms with Gasteiger partial charge in [0.2, 0.25) is 0 Å². The Kier molecular flexibility index (Phi) is 8.68. The van der Waals surface area contributed by atoms with E-state index in [4.69, 9.17) is 24.9 Å². The smallest absolute Gasteiger partial charge is 0.160 e. The molecule has 0 bridgehead atoms. The van der Waals surface area contributed by atoms with Crippen molar-refractivity contribution in [1.82, 2.24) is 24.9 Å². The average molecular weight is 938 g/mol. The third kappa shape index (κ3) is 6.27. The first-order valence-corrected chi connectivity index (χ1v) is 25.1. The van der Waals surface area contributed by atoms with E-state index in [9.17, 15) is 0 Å². The lowest BCUT2D eigenvalue weighted by atomic mass is 9.86. The molecule has 0 spiro atoms. The van der Waals surface area contributed by atoms with Crippen molar-refractivity contribution in [3.05, 3.63) is 237 Å². The van der Waals surface area contributed by atoms with Gasteiger partial charge < -0.3 is 0 Å². The molecule has 0 aliphatic carbocycles. The van der Waals surface area contributed by atoms with Crippen LogP contribution in [-0.2, 0) is 0 Å².